The molecule has 1 aromatic heterocycles. The summed E-state index contributed by atoms with van der Waals surface area (Å²) in [5, 5.41) is 4.73. The fourth-order valence-corrected chi connectivity index (χ4v) is 7.09. The highest BCUT2D eigenvalue weighted by Crippen LogP contribution is 2.48. The maximum absolute atomic E-state index is 6.37. The van der Waals surface area contributed by atoms with Crippen LogP contribution in [0.25, 0.3) is 66.1 Å². The van der Waals surface area contributed by atoms with Gasteiger partial charge in [-0.25, -0.2) is 0 Å². The topological polar surface area (TPSA) is 22.4 Å². The van der Waals surface area contributed by atoms with Crippen LogP contribution < -0.4 is 4.74 Å². The molecule has 7 aromatic carbocycles. The molecule has 1 aliphatic rings. The molecular formula is C43H30O2. The minimum absolute atomic E-state index is 0.108. The van der Waals surface area contributed by atoms with Crippen molar-refractivity contribution in [3.05, 3.63) is 157 Å². The number of hydrogen-bond donors (Lipinski definition) is 0. The molecule has 9 rings (SSSR count). The summed E-state index contributed by atoms with van der Waals surface area (Å²) in [7, 11) is 0. The zero-order chi connectivity index (χ0) is 30.1. The minimum Gasteiger partial charge on any atom is -0.457 e. The zero-order valence-corrected chi connectivity index (χ0v) is 25.2. The van der Waals surface area contributed by atoms with Crippen molar-refractivity contribution in [3.63, 3.8) is 0 Å². The zero-order valence-electron chi connectivity index (χ0n) is 25.2. The van der Waals surface area contributed by atoms with Crippen LogP contribution in [0.1, 0.15) is 25.0 Å². The van der Waals surface area contributed by atoms with Crippen LogP contribution in [0.2, 0.25) is 0 Å². The number of fused-ring (bicyclic) bond motifs is 6. The van der Waals surface area contributed by atoms with Gasteiger partial charge in [-0.2, -0.15) is 0 Å². The molecule has 0 saturated heterocycles. The highest BCUT2D eigenvalue weighted by molar-refractivity contribution is 6.15. The van der Waals surface area contributed by atoms with Gasteiger partial charge in [0.25, 0.3) is 0 Å². The molecule has 2 heteroatoms. The quantitative estimate of drug-likeness (QED) is 0.208. The second kappa shape index (κ2) is 9.70. The summed E-state index contributed by atoms with van der Waals surface area (Å²) in [6, 6.07) is 51.9. The molecule has 0 N–H and O–H groups in total. The van der Waals surface area contributed by atoms with E-state index in [9.17, 15) is 0 Å². The van der Waals surface area contributed by atoms with Gasteiger partial charge in [-0.3, -0.25) is 0 Å². The Balaban J connectivity index is 1.03. The van der Waals surface area contributed by atoms with E-state index < -0.39 is 0 Å². The van der Waals surface area contributed by atoms with Crippen molar-refractivity contribution < 1.29 is 9.15 Å². The van der Waals surface area contributed by atoms with Crippen LogP contribution >= 0.6 is 0 Å². The molecule has 0 unspecified atom stereocenters. The van der Waals surface area contributed by atoms with E-state index in [4.69, 9.17) is 9.15 Å². The van der Waals surface area contributed by atoms with Gasteiger partial charge in [-0.15, -0.1) is 0 Å². The van der Waals surface area contributed by atoms with Gasteiger partial charge in [-0.1, -0.05) is 129 Å². The number of hydrogen-bond acceptors (Lipinski definition) is 2. The molecular weight excluding hydrogens is 548 g/mol. The van der Waals surface area contributed by atoms with Crippen molar-refractivity contribution in [2.24, 2.45) is 0 Å². The van der Waals surface area contributed by atoms with Crippen LogP contribution in [-0.2, 0) is 5.41 Å². The van der Waals surface area contributed by atoms with Gasteiger partial charge in [0.1, 0.15) is 22.7 Å². The fourth-order valence-electron chi connectivity index (χ4n) is 7.09. The van der Waals surface area contributed by atoms with Crippen LogP contribution in [0, 0.1) is 0 Å². The first-order valence-corrected chi connectivity index (χ1v) is 15.5. The van der Waals surface area contributed by atoms with E-state index in [0.717, 1.165) is 39.0 Å². The number of para-hydroxylation sites is 1. The van der Waals surface area contributed by atoms with Gasteiger partial charge in [0, 0.05) is 27.3 Å². The van der Waals surface area contributed by atoms with E-state index in [1.807, 2.05) is 6.07 Å². The molecule has 45 heavy (non-hydrogen) atoms. The molecule has 1 aliphatic heterocycles. The standard InChI is InChI=1S/C43H30O2/c1-43(2)36-11-5-6-12-38(36)44-41-26-33(22-23-37(41)43)29-16-14-27(15-17-29)28-18-20-30(21-19-28)34-10-7-13-39-42(34)35-24-31-8-3-4-9-32(31)25-40(35)45-39/h3-26H,1-2H3. The number of ether oxygens (including phenoxy) is 1. The lowest BCUT2D eigenvalue weighted by Gasteiger charge is -2.34. The summed E-state index contributed by atoms with van der Waals surface area (Å²) in [5.74, 6) is 1.88. The van der Waals surface area contributed by atoms with Gasteiger partial charge in [0.2, 0.25) is 0 Å². The number of furan rings is 1. The van der Waals surface area contributed by atoms with E-state index in [0.29, 0.717) is 0 Å². The average molecular weight is 579 g/mol. The molecule has 0 fully saturated rings. The van der Waals surface area contributed by atoms with Crippen LogP contribution in [0.15, 0.2) is 150 Å². The first kappa shape index (κ1) is 25.9. The second-order valence-electron chi connectivity index (χ2n) is 12.6. The third-order valence-electron chi connectivity index (χ3n) is 9.55. The van der Waals surface area contributed by atoms with Gasteiger partial charge in [0.05, 0.1) is 0 Å². The van der Waals surface area contributed by atoms with Crippen molar-refractivity contribution in [2.45, 2.75) is 19.3 Å². The Morgan fingerprint density at radius 3 is 1.80 bits per heavy atom. The minimum atomic E-state index is -0.108. The van der Waals surface area contributed by atoms with Crippen molar-refractivity contribution in [3.8, 4) is 44.9 Å². The summed E-state index contributed by atoms with van der Waals surface area (Å²) in [6.07, 6.45) is 0. The van der Waals surface area contributed by atoms with Crippen LogP contribution in [0.3, 0.4) is 0 Å². The van der Waals surface area contributed by atoms with E-state index in [2.05, 4.69) is 153 Å². The highest BCUT2D eigenvalue weighted by atomic mass is 16.5. The SMILES string of the molecule is CC1(C)c2ccccc2Oc2cc(-c3ccc(-c4ccc(-c5cccc6oc7cc8ccccc8cc7c56)cc4)cc3)ccc21. The molecule has 0 aliphatic carbocycles. The number of benzene rings is 7. The number of rotatable bonds is 3. The van der Waals surface area contributed by atoms with E-state index in [-0.39, 0.29) is 5.41 Å². The predicted molar refractivity (Wildman–Crippen MR) is 186 cm³/mol. The van der Waals surface area contributed by atoms with E-state index in [1.54, 1.807) is 0 Å². The summed E-state index contributed by atoms with van der Waals surface area (Å²) in [4.78, 5) is 0. The highest BCUT2D eigenvalue weighted by Gasteiger charge is 2.34. The molecule has 0 saturated carbocycles. The summed E-state index contributed by atoms with van der Waals surface area (Å²) in [5.41, 5.74) is 11.2. The molecule has 0 radical (unpaired) electrons. The first-order chi connectivity index (χ1) is 22.0. The normalized spacial score (nSPS) is 13.5. The second-order valence-corrected chi connectivity index (χ2v) is 12.6. The van der Waals surface area contributed by atoms with Gasteiger partial charge < -0.3 is 9.15 Å². The lowest BCUT2D eigenvalue weighted by Crippen LogP contribution is -2.24. The largest absolute Gasteiger partial charge is 0.457 e. The molecule has 0 bridgehead atoms. The summed E-state index contributed by atoms with van der Waals surface area (Å²) in [6.45, 7) is 4.54. The molecule has 8 aromatic rings. The predicted octanol–water partition coefficient (Wildman–Crippen LogP) is 12.2. The molecule has 2 heterocycles. The van der Waals surface area contributed by atoms with Crippen molar-refractivity contribution >= 4 is 32.7 Å². The first-order valence-electron chi connectivity index (χ1n) is 15.5. The van der Waals surface area contributed by atoms with Gasteiger partial charge >= 0.3 is 0 Å². The van der Waals surface area contributed by atoms with E-state index in [1.165, 1.54) is 49.7 Å². The fraction of sp³-hybridized carbons (Fsp3) is 0.0698. The lowest BCUT2D eigenvalue weighted by molar-refractivity contribution is 0.418. The Labute approximate surface area is 262 Å². The molecule has 0 atom stereocenters. The maximum Gasteiger partial charge on any atom is 0.136 e. The van der Waals surface area contributed by atoms with Gasteiger partial charge in [-0.05, 0) is 74.5 Å². The van der Waals surface area contributed by atoms with Gasteiger partial charge in [0.15, 0.2) is 0 Å². The summed E-state index contributed by atoms with van der Waals surface area (Å²) >= 11 is 0. The molecule has 214 valence electrons. The monoisotopic (exact) mass is 578 g/mol. The van der Waals surface area contributed by atoms with Crippen LogP contribution in [0.4, 0.5) is 0 Å². The summed E-state index contributed by atoms with van der Waals surface area (Å²) < 4.78 is 12.7. The Bertz CT molecular complexity index is 2410. The molecule has 0 amide bonds. The molecule has 2 nitrogen and oxygen atoms in total. The van der Waals surface area contributed by atoms with Crippen molar-refractivity contribution in [1.82, 2.24) is 0 Å². The van der Waals surface area contributed by atoms with E-state index >= 15 is 0 Å². The Kier molecular flexibility index (Phi) is 5.58. The third kappa shape index (κ3) is 4.10. The lowest BCUT2D eigenvalue weighted by atomic mass is 9.75. The van der Waals surface area contributed by atoms with Crippen molar-refractivity contribution in [2.75, 3.05) is 0 Å². The van der Waals surface area contributed by atoms with Crippen molar-refractivity contribution in [1.29, 1.82) is 0 Å². The van der Waals surface area contributed by atoms with Crippen LogP contribution in [0.5, 0.6) is 11.5 Å². The average Bonchev–Trinajstić information content (AvgIpc) is 3.45. The Morgan fingerprint density at radius 1 is 0.444 bits per heavy atom. The molecule has 0 spiro atoms. The smallest absolute Gasteiger partial charge is 0.136 e. The maximum atomic E-state index is 6.37. The third-order valence-corrected chi connectivity index (χ3v) is 9.55. The van der Waals surface area contributed by atoms with Crippen LogP contribution in [-0.4, -0.2) is 0 Å². The Morgan fingerprint density at radius 2 is 1.04 bits per heavy atom. The Hall–Kier alpha value is -5.60.